The van der Waals surface area contributed by atoms with E-state index >= 15 is 0 Å². The number of aromatic nitrogens is 1. The molecule has 162 valence electrons. The minimum Gasteiger partial charge on any atom is -0.487 e. The van der Waals surface area contributed by atoms with Crippen molar-refractivity contribution in [3.63, 3.8) is 0 Å². The summed E-state index contributed by atoms with van der Waals surface area (Å²) < 4.78 is 11.6. The fourth-order valence-electron chi connectivity index (χ4n) is 4.48. The lowest BCUT2D eigenvalue weighted by Gasteiger charge is -2.39. The molecule has 0 radical (unpaired) electrons. The van der Waals surface area contributed by atoms with Gasteiger partial charge in [-0.3, -0.25) is 9.69 Å². The van der Waals surface area contributed by atoms with Crippen LogP contribution < -0.4 is 4.74 Å². The van der Waals surface area contributed by atoms with Crippen molar-refractivity contribution in [1.82, 2.24) is 14.8 Å². The minimum absolute atomic E-state index is 0.0983. The van der Waals surface area contributed by atoms with E-state index in [1.165, 1.54) is 0 Å². The Morgan fingerprint density at radius 1 is 1.23 bits per heavy atom. The third-order valence-corrected chi connectivity index (χ3v) is 6.50. The zero-order valence-corrected chi connectivity index (χ0v) is 18.6. The monoisotopic (exact) mass is 429 g/mol. The largest absolute Gasteiger partial charge is 0.487 e. The van der Waals surface area contributed by atoms with E-state index in [0.29, 0.717) is 36.0 Å². The maximum atomic E-state index is 13.0. The zero-order chi connectivity index (χ0) is 20.9. The summed E-state index contributed by atoms with van der Waals surface area (Å²) in [6.07, 6.45) is 2.73. The highest BCUT2D eigenvalue weighted by molar-refractivity contribution is 7.07. The van der Waals surface area contributed by atoms with Crippen molar-refractivity contribution in [2.24, 2.45) is 5.92 Å². The maximum absolute atomic E-state index is 13.0. The number of piperidine rings is 1. The van der Waals surface area contributed by atoms with Crippen LogP contribution in [0.25, 0.3) is 0 Å². The van der Waals surface area contributed by atoms with Gasteiger partial charge in [0, 0.05) is 43.7 Å². The lowest BCUT2D eigenvalue weighted by Crippen LogP contribution is -2.48. The van der Waals surface area contributed by atoms with Crippen LogP contribution in [0.2, 0.25) is 0 Å². The van der Waals surface area contributed by atoms with E-state index in [1.807, 2.05) is 34.5 Å². The summed E-state index contributed by atoms with van der Waals surface area (Å²) in [6.45, 7) is 9.50. The molecule has 0 spiro atoms. The topological polar surface area (TPSA) is 54.9 Å². The van der Waals surface area contributed by atoms with Gasteiger partial charge in [-0.2, -0.15) is 0 Å². The van der Waals surface area contributed by atoms with Crippen molar-refractivity contribution in [2.45, 2.75) is 45.5 Å². The summed E-state index contributed by atoms with van der Waals surface area (Å²) in [5.41, 5.74) is 3.39. The van der Waals surface area contributed by atoms with E-state index in [4.69, 9.17) is 9.47 Å². The fourth-order valence-corrected chi connectivity index (χ4v) is 5.03. The van der Waals surface area contributed by atoms with Gasteiger partial charge in [-0.25, -0.2) is 4.98 Å². The van der Waals surface area contributed by atoms with Gasteiger partial charge in [0.25, 0.3) is 5.91 Å². The molecular weight excluding hydrogens is 398 g/mol. The molecule has 0 N–H and O–H groups in total. The summed E-state index contributed by atoms with van der Waals surface area (Å²) in [5, 5.41) is 1.97. The van der Waals surface area contributed by atoms with Gasteiger partial charge in [0.1, 0.15) is 12.4 Å². The first kappa shape index (κ1) is 21.3. The van der Waals surface area contributed by atoms with Crippen LogP contribution in [-0.2, 0) is 11.3 Å². The molecule has 2 aliphatic rings. The minimum atomic E-state index is 0.0983. The highest BCUT2D eigenvalue weighted by Gasteiger charge is 2.28. The molecule has 1 amide bonds. The SMILES string of the molecule is CC1CN(CC2CCN(C(=O)c3cccc(OCc4cscn4)c3)CC2)CC(C)O1. The predicted molar refractivity (Wildman–Crippen MR) is 118 cm³/mol. The Hall–Kier alpha value is -1.96. The van der Waals surface area contributed by atoms with Gasteiger partial charge >= 0.3 is 0 Å². The van der Waals surface area contributed by atoms with Crippen molar-refractivity contribution in [3.8, 4) is 5.75 Å². The molecule has 2 atom stereocenters. The summed E-state index contributed by atoms with van der Waals surface area (Å²) >= 11 is 1.55. The van der Waals surface area contributed by atoms with Gasteiger partial charge in [-0.05, 0) is 50.8 Å². The first-order chi connectivity index (χ1) is 14.6. The Morgan fingerprint density at radius 3 is 2.70 bits per heavy atom. The summed E-state index contributed by atoms with van der Waals surface area (Å²) in [5.74, 6) is 1.46. The quantitative estimate of drug-likeness (QED) is 0.701. The lowest BCUT2D eigenvalue weighted by atomic mass is 9.95. The van der Waals surface area contributed by atoms with Gasteiger partial charge < -0.3 is 14.4 Å². The number of benzene rings is 1. The maximum Gasteiger partial charge on any atom is 0.253 e. The normalized spacial score (nSPS) is 23.5. The van der Waals surface area contributed by atoms with E-state index in [9.17, 15) is 4.79 Å². The molecule has 0 bridgehead atoms. The highest BCUT2D eigenvalue weighted by Crippen LogP contribution is 2.23. The third-order valence-electron chi connectivity index (χ3n) is 5.86. The standard InChI is InChI=1S/C23H31N3O3S/c1-17-11-25(12-18(2)29-17)13-19-6-8-26(9-7-19)23(27)20-4-3-5-22(10-20)28-14-21-15-30-16-24-21/h3-5,10,15-19H,6-9,11-14H2,1-2H3. The Bertz CT molecular complexity index is 811. The van der Waals surface area contributed by atoms with Crippen molar-refractivity contribution < 1.29 is 14.3 Å². The first-order valence-electron chi connectivity index (χ1n) is 10.8. The second-order valence-electron chi connectivity index (χ2n) is 8.51. The molecule has 4 rings (SSSR count). The third kappa shape index (κ3) is 5.59. The second kappa shape index (κ2) is 9.90. The number of thiazole rings is 1. The van der Waals surface area contributed by atoms with Gasteiger partial charge in [-0.1, -0.05) is 6.07 Å². The number of amides is 1. The summed E-state index contributed by atoms with van der Waals surface area (Å²) in [4.78, 5) is 21.7. The fraction of sp³-hybridized carbons (Fsp3) is 0.565. The number of hydrogen-bond donors (Lipinski definition) is 0. The smallest absolute Gasteiger partial charge is 0.253 e. The number of likely N-dealkylation sites (tertiary alicyclic amines) is 1. The highest BCUT2D eigenvalue weighted by atomic mass is 32.1. The zero-order valence-electron chi connectivity index (χ0n) is 17.8. The number of hydrogen-bond acceptors (Lipinski definition) is 6. The molecule has 2 unspecified atom stereocenters. The molecule has 7 heteroatoms. The summed E-state index contributed by atoms with van der Waals surface area (Å²) in [7, 11) is 0. The molecule has 30 heavy (non-hydrogen) atoms. The molecule has 2 aliphatic heterocycles. The predicted octanol–water partition coefficient (Wildman–Crippen LogP) is 3.68. The number of nitrogens with zero attached hydrogens (tertiary/aromatic N) is 3. The molecule has 1 aromatic heterocycles. The molecule has 1 aromatic carbocycles. The molecule has 2 aromatic rings. The van der Waals surface area contributed by atoms with Crippen molar-refractivity contribution in [3.05, 3.63) is 46.4 Å². The molecule has 2 saturated heterocycles. The molecule has 0 saturated carbocycles. The summed E-state index contributed by atoms with van der Waals surface area (Å²) in [6, 6.07) is 7.49. The van der Waals surface area contributed by atoms with Crippen LogP contribution in [0.4, 0.5) is 0 Å². The van der Waals surface area contributed by atoms with Crippen LogP contribution in [0.3, 0.4) is 0 Å². The van der Waals surface area contributed by atoms with E-state index < -0.39 is 0 Å². The number of rotatable bonds is 6. The van der Waals surface area contributed by atoms with Gasteiger partial charge in [0.15, 0.2) is 0 Å². The second-order valence-corrected chi connectivity index (χ2v) is 9.23. The van der Waals surface area contributed by atoms with Gasteiger partial charge in [-0.15, -0.1) is 11.3 Å². The van der Waals surface area contributed by atoms with E-state index in [-0.39, 0.29) is 5.91 Å². The van der Waals surface area contributed by atoms with Gasteiger partial charge in [0.2, 0.25) is 0 Å². The van der Waals surface area contributed by atoms with Crippen LogP contribution in [0.15, 0.2) is 35.2 Å². The van der Waals surface area contributed by atoms with E-state index in [1.54, 1.807) is 16.8 Å². The molecule has 0 aliphatic carbocycles. The Morgan fingerprint density at radius 2 is 2.00 bits per heavy atom. The number of ether oxygens (including phenoxy) is 2. The Kier molecular flexibility index (Phi) is 7.02. The van der Waals surface area contributed by atoms with Crippen LogP contribution in [0, 0.1) is 5.92 Å². The number of morpholine rings is 1. The van der Waals surface area contributed by atoms with E-state index in [2.05, 4.69) is 23.7 Å². The van der Waals surface area contributed by atoms with Crippen molar-refractivity contribution in [2.75, 3.05) is 32.7 Å². The van der Waals surface area contributed by atoms with Crippen LogP contribution in [0.5, 0.6) is 5.75 Å². The van der Waals surface area contributed by atoms with Crippen LogP contribution >= 0.6 is 11.3 Å². The molecule has 6 nitrogen and oxygen atoms in total. The average molecular weight is 430 g/mol. The van der Waals surface area contributed by atoms with Crippen molar-refractivity contribution in [1.29, 1.82) is 0 Å². The lowest BCUT2D eigenvalue weighted by molar-refractivity contribution is -0.0728. The van der Waals surface area contributed by atoms with E-state index in [0.717, 1.165) is 51.3 Å². The molecule has 3 heterocycles. The first-order valence-corrected chi connectivity index (χ1v) is 11.8. The molecular formula is C23H31N3O3S. The number of carbonyl (C=O) groups excluding carboxylic acids is 1. The Balaban J connectivity index is 1.27. The van der Waals surface area contributed by atoms with Crippen LogP contribution in [0.1, 0.15) is 42.7 Å². The van der Waals surface area contributed by atoms with Crippen LogP contribution in [-0.4, -0.2) is 65.6 Å². The molecule has 2 fully saturated rings. The Labute approximate surface area is 182 Å². The number of carbonyl (C=O) groups is 1. The van der Waals surface area contributed by atoms with Gasteiger partial charge in [0.05, 0.1) is 23.4 Å². The van der Waals surface area contributed by atoms with Crippen molar-refractivity contribution >= 4 is 17.2 Å². The average Bonchev–Trinajstić information content (AvgIpc) is 3.25.